The highest BCUT2D eigenvalue weighted by molar-refractivity contribution is 9.10. The molecule has 0 radical (unpaired) electrons. The van der Waals surface area contributed by atoms with Crippen LogP contribution in [0.1, 0.15) is 24.2 Å². The van der Waals surface area contributed by atoms with Gasteiger partial charge in [0.25, 0.3) is 0 Å². The Morgan fingerprint density at radius 2 is 1.87 bits per heavy atom. The van der Waals surface area contributed by atoms with Gasteiger partial charge >= 0.3 is 6.18 Å². The molecule has 15 heavy (non-hydrogen) atoms. The first-order valence-corrected chi connectivity index (χ1v) is 4.77. The molecule has 0 aliphatic heterocycles. The zero-order valence-corrected chi connectivity index (χ0v) is 9.16. The predicted octanol–water partition coefficient (Wildman–Crippen LogP) is 3.66. The van der Waals surface area contributed by atoms with Crippen LogP contribution in [0.4, 0.5) is 17.6 Å². The van der Waals surface area contributed by atoms with E-state index in [1.165, 1.54) is 6.92 Å². The van der Waals surface area contributed by atoms with Crippen molar-refractivity contribution in [2.75, 3.05) is 0 Å². The topological polar surface area (TPSA) is 20.2 Å². The molecule has 0 spiro atoms. The molecule has 1 unspecified atom stereocenters. The molecule has 0 saturated heterocycles. The van der Waals surface area contributed by atoms with Crippen molar-refractivity contribution in [3.8, 4) is 0 Å². The predicted molar refractivity (Wildman–Crippen MR) is 49.7 cm³/mol. The van der Waals surface area contributed by atoms with Crippen molar-refractivity contribution < 1.29 is 22.7 Å². The van der Waals surface area contributed by atoms with Crippen LogP contribution in [-0.2, 0) is 6.18 Å². The Kier molecular flexibility index (Phi) is 3.40. The number of halogens is 5. The van der Waals surface area contributed by atoms with Crippen molar-refractivity contribution in [2.45, 2.75) is 19.2 Å². The van der Waals surface area contributed by atoms with Gasteiger partial charge in [-0.05, 0) is 19.1 Å². The standard InChI is InChI=1S/C9H7BrF4O/c1-4(15)7-6(10)3-2-5(8(7)11)9(12,13)14/h2-4,15H,1H3. The number of alkyl halides is 3. The van der Waals surface area contributed by atoms with E-state index in [9.17, 15) is 17.6 Å². The third-order valence-corrected chi connectivity index (χ3v) is 2.54. The van der Waals surface area contributed by atoms with Crippen molar-refractivity contribution in [2.24, 2.45) is 0 Å². The second-order valence-corrected chi connectivity index (χ2v) is 3.85. The Morgan fingerprint density at radius 1 is 1.33 bits per heavy atom. The van der Waals surface area contributed by atoms with Crippen LogP contribution in [0.25, 0.3) is 0 Å². The molecule has 1 aromatic carbocycles. The van der Waals surface area contributed by atoms with E-state index in [0.29, 0.717) is 6.07 Å². The summed E-state index contributed by atoms with van der Waals surface area (Å²) < 4.78 is 50.3. The number of rotatable bonds is 1. The first-order valence-electron chi connectivity index (χ1n) is 3.98. The van der Waals surface area contributed by atoms with Gasteiger partial charge in [-0.3, -0.25) is 0 Å². The molecule has 0 aromatic heterocycles. The van der Waals surface area contributed by atoms with E-state index in [0.717, 1.165) is 6.07 Å². The fourth-order valence-corrected chi connectivity index (χ4v) is 1.81. The average Bonchev–Trinajstić information content (AvgIpc) is 2.00. The lowest BCUT2D eigenvalue weighted by atomic mass is 10.1. The van der Waals surface area contributed by atoms with Gasteiger partial charge in [-0.2, -0.15) is 13.2 Å². The molecular weight excluding hydrogens is 280 g/mol. The first kappa shape index (κ1) is 12.4. The van der Waals surface area contributed by atoms with Crippen LogP contribution in [0, 0.1) is 5.82 Å². The Balaban J connectivity index is 3.42. The zero-order valence-electron chi connectivity index (χ0n) is 7.57. The molecule has 0 fully saturated rings. The van der Waals surface area contributed by atoms with Crippen LogP contribution in [0.2, 0.25) is 0 Å². The molecule has 0 saturated carbocycles. The summed E-state index contributed by atoms with van der Waals surface area (Å²) in [5.74, 6) is -1.44. The third kappa shape index (κ3) is 2.49. The maximum absolute atomic E-state index is 13.4. The van der Waals surface area contributed by atoms with Gasteiger partial charge in [0.2, 0.25) is 0 Å². The van der Waals surface area contributed by atoms with Gasteiger partial charge in [0, 0.05) is 10.0 Å². The summed E-state index contributed by atoms with van der Waals surface area (Å²) in [6.45, 7) is 1.20. The molecule has 1 aromatic rings. The fraction of sp³-hybridized carbons (Fsp3) is 0.333. The van der Waals surface area contributed by atoms with Crippen LogP contribution in [0.15, 0.2) is 16.6 Å². The van der Waals surface area contributed by atoms with Gasteiger partial charge in [-0.1, -0.05) is 15.9 Å². The minimum Gasteiger partial charge on any atom is -0.389 e. The second-order valence-electron chi connectivity index (χ2n) is 3.00. The Hall–Kier alpha value is -0.620. The van der Waals surface area contributed by atoms with E-state index in [1.54, 1.807) is 0 Å². The van der Waals surface area contributed by atoms with Gasteiger partial charge in [-0.15, -0.1) is 0 Å². The monoisotopic (exact) mass is 286 g/mol. The maximum Gasteiger partial charge on any atom is 0.419 e. The highest BCUT2D eigenvalue weighted by Gasteiger charge is 2.36. The molecule has 1 rings (SSSR count). The molecule has 0 bridgehead atoms. The van der Waals surface area contributed by atoms with Crippen molar-refractivity contribution in [3.63, 3.8) is 0 Å². The van der Waals surface area contributed by atoms with Crippen LogP contribution in [-0.4, -0.2) is 5.11 Å². The average molecular weight is 287 g/mol. The van der Waals surface area contributed by atoms with E-state index in [1.807, 2.05) is 0 Å². The quantitative estimate of drug-likeness (QED) is 0.781. The number of aliphatic hydroxyl groups is 1. The van der Waals surface area contributed by atoms with Crippen molar-refractivity contribution in [1.82, 2.24) is 0 Å². The van der Waals surface area contributed by atoms with Crippen LogP contribution in [0.3, 0.4) is 0 Å². The summed E-state index contributed by atoms with van der Waals surface area (Å²) in [6.07, 6.45) is -6.06. The lowest BCUT2D eigenvalue weighted by molar-refractivity contribution is -0.140. The molecular formula is C9H7BrF4O. The van der Waals surface area contributed by atoms with Crippen LogP contribution >= 0.6 is 15.9 Å². The summed E-state index contributed by atoms with van der Waals surface area (Å²) >= 11 is 2.88. The highest BCUT2D eigenvalue weighted by Crippen LogP contribution is 2.36. The fourth-order valence-electron chi connectivity index (χ4n) is 1.17. The summed E-state index contributed by atoms with van der Waals surface area (Å²) in [5, 5.41) is 9.14. The van der Waals surface area contributed by atoms with E-state index in [4.69, 9.17) is 5.11 Å². The zero-order chi connectivity index (χ0) is 11.8. The Bertz CT molecular complexity index is 373. The molecule has 1 N–H and O–H groups in total. The van der Waals surface area contributed by atoms with Crippen molar-refractivity contribution in [3.05, 3.63) is 33.5 Å². The molecule has 1 atom stereocenters. The van der Waals surface area contributed by atoms with E-state index in [2.05, 4.69) is 15.9 Å². The van der Waals surface area contributed by atoms with Gasteiger partial charge < -0.3 is 5.11 Å². The third-order valence-electron chi connectivity index (χ3n) is 1.85. The summed E-state index contributed by atoms with van der Waals surface area (Å²) in [7, 11) is 0. The van der Waals surface area contributed by atoms with E-state index >= 15 is 0 Å². The number of hydrogen-bond donors (Lipinski definition) is 1. The molecule has 0 aliphatic carbocycles. The molecule has 0 amide bonds. The SMILES string of the molecule is CC(O)c1c(Br)ccc(C(F)(F)F)c1F. The van der Waals surface area contributed by atoms with Crippen LogP contribution < -0.4 is 0 Å². The summed E-state index contributed by atoms with van der Waals surface area (Å²) in [5.41, 5.74) is -1.76. The molecule has 6 heteroatoms. The van der Waals surface area contributed by atoms with Crippen molar-refractivity contribution in [1.29, 1.82) is 0 Å². The van der Waals surface area contributed by atoms with Gasteiger partial charge in [-0.25, -0.2) is 4.39 Å². The largest absolute Gasteiger partial charge is 0.419 e. The lowest BCUT2D eigenvalue weighted by Crippen LogP contribution is -2.11. The molecule has 1 nitrogen and oxygen atoms in total. The smallest absolute Gasteiger partial charge is 0.389 e. The van der Waals surface area contributed by atoms with Gasteiger partial charge in [0.15, 0.2) is 0 Å². The van der Waals surface area contributed by atoms with Gasteiger partial charge in [0.1, 0.15) is 5.82 Å². The minimum absolute atomic E-state index is 0.114. The lowest BCUT2D eigenvalue weighted by Gasteiger charge is -2.14. The summed E-state index contributed by atoms with van der Waals surface area (Å²) in [4.78, 5) is 0. The highest BCUT2D eigenvalue weighted by atomic mass is 79.9. The van der Waals surface area contributed by atoms with Gasteiger partial charge in [0.05, 0.1) is 11.7 Å². The van der Waals surface area contributed by atoms with Crippen molar-refractivity contribution >= 4 is 15.9 Å². The molecule has 84 valence electrons. The van der Waals surface area contributed by atoms with Crippen LogP contribution in [0.5, 0.6) is 0 Å². The molecule has 0 aliphatic rings. The summed E-state index contributed by atoms with van der Waals surface area (Å²) in [6, 6.07) is 1.69. The first-order chi connectivity index (χ1) is 6.75. The minimum atomic E-state index is -4.76. The van der Waals surface area contributed by atoms with E-state index in [-0.39, 0.29) is 10.0 Å². The molecule has 0 heterocycles. The number of aliphatic hydroxyl groups excluding tert-OH is 1. The normalized spacial score (nSPS) is 14.1. The van der Waals surface area contributed by atoms with E-state index < -0.39 is 23.7 Å². The maximum atomic E-state index is 13.4. The Labute approximate surface area is 91.9 Å². The number of benzene rings is 1. The Morgan fingerprint density at radius 3 is 2.27 bits per heavy atom. The second kappa shape index (κ2) is 4.09. The number of hydrogen-bond acceptors (Lipinski definition) is 1.